The van der Waals surface area contributed by atoms with Gasteiger partial charge in [0.25, 0.3) is 0 Å². The first-order chi connectivity index (χ1) is 6.72. The van der Waals surface area contributed by atoms with Crippen LogP contribution in [0.4, 0.5) is 0 Å². The lowest BCUT2D eigenvalue weighted by atomic mass is 9.78. The van der Waals surface area contributed by atoms with Gasteiger partial charge in [0.05, 0.1) is 6.61 Å². The van der Waals surface area contributed by atoms with Crippen molar-refractivity contribution in [2.75, 3.05) is 26.3 Å². The standard InChI is InChI=1S/C12H25NO/c1-4-11(3)8-12(9-13-5-2)6-7-14-10-12/h11,13H,4-10H2,1-3H3. The van der Waals surface area contributed by atoms with Crippen molar-refractivity contribution in [2.24, 2.45) is 11.3 Å². The molecule has 0 radical (unpaired) electrons. The molecule has 2 unspecified atom stereocenters. The van der Waals surface area contributed by atoms with Gasteiger partial charge in [0.1, 0.15) is 0 Å². The molecule has 1 aliphatic rings. The van der Waals surface area contributed by atoms with Crippen molar-refractivity contribution >= 4 is 0 Å². The molecular formula is C12H25NO. The van der Waals surface area contributed by atoms with Crippen molar-refractivity contribution in [1.82, 2.24) is 5.32 Å². The van der Waals surface area contributed by atoms with Crippen molar-refractivity contribution < 1.29 is 4.74 Å². The van der Waals surface area contributed by atoms with Gasteiger partial charge in [-0.1, -0.05) is 27.2 Å². The summed E-state index contributed by atoms with van der Waals surface area (Å²) in [4.78, 5) is 0. The second-order valence-corrected chi connectivity index (χ2v) is 4.80. The van der Waals surface area contributed by atoms with E-state index in [1.807, 2.05) is 0 Å². The third-order valence-corrected chi connectivity index (χ3v) is 3.41. The van der Waals surface area contributed by atoms with Crippen LogP contribution in [0.2, 0.25) is 0 Å². The highest BCUT2D eigenvalue weighted by Gasteiger charge is 2.35. The quantitative estimate of drug-likeness (QED) is 0.709. The van der Waals surface area contributed by atoms with Crippen LogP contribution in [0.25, 0.3) is 0 Å². The summed E-state index contributed by atoms with van der Waals surface area (Å²) in [6.07, 6.45) is 3.84. The minimum atomic E-state index is 0.436. The maximum Gasteiger partial charge on any atom is 0.0535 e. The zero-order chi connectivity index (χ0) is 10.4. The molecule has 0 aromatic carbocycles. The van der Waals surface area contributed by atoms with Crippen molar-refractivity contribution in [3.05, 3.63) is 0 Å². The maximum absolute atomic E-state index is 5.56. The van der Waals surface area contributed by atoms with Gasteiger partial charge in [-0.05, 0) is 25.3 Å². The molecule has 0 spiro atoms. The smallest absolute Gasteiger partial charge is 0.0535 e. The van der Waals surface area contributed by atoms with Gasteiger partial charge in [0.2, 0.25) is 0 Å². The van der Waals surface area contributed by atoms with Crippen LogP contribution in [0.5, 0.6) is 0 Å². The van der Waals surface area contributed by atoms with Gasteiger partial charge in [0, 0.05) is 18.6 Å². The summed E-state index contributed by atoms with van der Waals surface area (Å²) in [6, 6.07) is 0. The highest BCUT2D eigenvalue weighted by atomic mass is 16.5. The molecule has 2 nitrogen and oxygen atoms in total. The average molecular weight is 199 g/mol. The SMILES string of the molecule is CCNCC1(CC(C)CC)CCOC1. The summed E-state index contributed by atoms with van der Waals surface area (Å²) in [5, 5.41) is 3.48. The second-order valence-electron chi connectivity index (χ2n) is 4.80. The Hall–Kier alpha value is -0.0800. The van der Waals surface area contributed by atoms with E-state index in [9.17, 15) is 0 Å². The summed E-state index contributed by atoms with van der Waals surface area (Å²) in [5.41, 5.74) is 0.436. The van der Waals surface area contributed by atoms with E-state index in [1.54, 1.807) is 0 Å². The average Bonchev–Trinajstić information content (AvgIpc) is 2.64. The van der Waals surface area contributed by atoms with E-state index in [-0.39, 0.29) is 0 Å². The lowest BCUT2D eigenvalue weighted by Crippen LogP contribution is -2.36. The van der Waals surface area contributed by atoms with E-state index in [2.05, 4.69) is 26.1 Å². The summed E-state index contributed by atoms with van der Waals surface area (Å²) in [7, 11) is 0. The van der Waals surface area contributed by atoms with Gasteiger partial charge in [-0.15, -0.1) is 0 Å². The Labute approximate surface area is 88.4 Å². The normalized spacial score (nSPS) is 29.4. The summed E-state index contributed by atoms with van der Waals surface area (Å²) in [5.74, 6) is 0.829. The number of hydrogen-bond acceptors (Lipinski definition) is 2. The number of rotatable bonds is 6. The van der Waals surface area contributed by atoms with E-state index in [4.69, 9.17) is 4.74 Å². The van der Waals surface area contributed by atoms with Crippen LogP contribution in [0, 0.1) is 11.3 Å². The molecule has 1 saturated heterocycles. The fraction of sp³-hybridized carbons (Fsp3) is 1.00. The van der Waals surface area contributed by atoms with E-state index >= 15 is 0 Å². The molecule has 1 rings (SSSR count). The van der Waals surface area contributed by atoms with Crippen molar-refractivity contribution in [3.63, 3.8) is 0 Å². The van der Waals surface area contributed by atoms with Crippen molar-refractivity contribution in [2.45, 2.75) is 40.0 Å². The number of ether oxygens (including phenoxy) is 1. The predicted molar refractivity (Wildman–Crippen MR) is 60.5 cm³/mol. The van der Waals surface area contributed by atoms with Gasteiger partial charge in [-0.25, -0.2) is 0 Å². The maximum atomic E-state index is 5.56. The summed E-state index contributed by atoms with van der Waals surface area (Å²) >= 11 is 0. The lowest BCUT2D eigenvalue weighted by molar-refractivity contribution is 0.132. The molecule has 1 aliphatic heterocycles. The van der Waals surface area contributed by atoms with Crippen LogP contribution in [0.3, 0.4) is 0 Å². The van der Waals surface area contributed by atoms with E-state index < -0.39 is 0 Å². The summed E-state index contributed by atoms with van der Waals surface area (Å²) < 4.78 is 5.56. The van der Waals surface area contributed by atoms with Gasteiger partial charge in [0.15, 0.2) is 0 Å². The Bertz CT molecular complexity index is 152. The zero-order valence-electron chi connectivity index (χ0n) is 9.94. The van der Waals surface area contributed by atoms with Crippen molar-refractivity contribution in [3.8, 4) is 0 Å². The lowest BCUT2D eigenvalue weighted by Gasteiger charge is -2.30. The van der Waals surface area contributed by atoms with Crippen LogP contribution in [0.1, 0.15) is 40.0 Å². The molecule has 0 amide bonds. The molecule has 1 heterocycles. The molecule has 0 saturated carbocycles. The molecule has 84 valence electrons. The highest BCUT2D eigenvalue weighted by molar-refractivity contribution is 4.86. The first-order valence-electron chi connectivity index (χ1n) is 6.01. The van der Waals surface area contributed by atoms with E-state index in [0.29, 0.717) is 5.41 Å². The Kier molecular flexibility index (Phi) is 4.90. The minimum absolute atomic E-state index is 0.436. The summed E-state index contributed by atoms with van der Waals surface area (Å²) in [6.45, 7) is 10.9. The third-order valence-electron chi connectivity index (χ3n) is 3.41. The monoisotopic (exact) mass is 199 g/mol. The molecule has 0 aliphatic carbocycles. The minimum Gasteiger partial charge on any atom is -0.381 e. The van der Waals surface area contributed by atoms with Gasteiger partial charge >= 0.3 is 0 Å². The Morgan fingerprint density at radius 3 is 2.71 bits per heavy atom. The topological polar surface area (TPSA) is 21.3 Å². The van der Waals surface area contributed by atoms with Crippen molar-refractivity contribution in [1.29, 1.82) is 0 Å². The van der Waals surface area contributed by atoms with Crippen LogP contribution in [-0.4, -0.2) is 26.3 Å². The largest absolute Gasteiger partial charge is 0.381 e. The molecule has 0 bridgehead atoms. The van der Waals surface area contributed by atoms with Gasteiger partial charge in [-0.2, -0.15) is 0 Å². The molecule has 2 atom stereocenters. The molecule has 2 heteroatoms. The van der Waals surface area contributed by atoms with Crippen LogP contribution in [-0.2, 0) is 4.74 Å². The molecule has 0 aromatic heterocycles. The molecule has 0 aromatic rings. The molecule has 1 N–H and O–H groups in total. The van der Waals surface area contributed by atoms with Gasteiger partial charge < -0.3 is 10.1 Å². The van der Waals surface area contributed by atoms with Crippen LogP contribution >= 0.6 is 0 Å². The fourth-order valence-electron chi connectivity index (χ4n) is 2.30. The predicted octanol–water partition coefficient (Wildman–Crippen LogP) is 2.44. The zero-order valence-corrected chi connectivity index (χ0v) is 9.94. The number of hydrogen-bond donors (Lipinski definition) is 1. The Balaban J connectivity index is 2.43. The van der Waals surface area contributed by atoms with Crippen LogP contribution in [0.15, 0.2) is 0 Å². The first-order valence-corrected chi connectivity index (χ1v) is 6.01. The number of nitrogens with one attached hydrogen (secondary N) is 1. The van der Waals surface area contributed by atoms with E-state index in [1.165, 1.54) is 19.3 Å². The van der Waals surface area contributed by atoms with Crippen LogP contribution < -0.4 is 5.32 Å². The molecule has 14 heavy (non-hydrogen) atoms. The first kappa shape index (κ1) is 12.0. The fourth-order valence-corrected chi connectivity index (χ4v) is 2.30. The van der Waals surface area contributed by atoms with E-state index in [0.717, 1.165) is 32.2 Å². The highest BCUT2D eigenvalue weighted by Crippen LogP contribution is 2.35. The second kappa shape index (κ2) is 5.72. The van der Waals surface area contributed by atoms with Gasteiger partial charge in [-0.3, -0.25) is 0 Å². The third kappa shape index (κ3) is 3.25. The Morgan fingerprint density at radius 1 is 1.43 bits per heavy atom. The molecule has 1 fully saturated rings. The Morgan fingerprint density at radius 2 is 2.21 bits per heavy atom. The molecular weight excluding hydrogens is 174 g/mol.